The number of carbonyl (C=O) groups is 1. The fourth-order valence-electron chi connectivity index (χ4n) is 2.89. The van der Waals surface area contributed by atoms with Gasteiger partial charge in [-0.2, -0.15) is 4.31 Å². The van der Waals surface area contributed by atoms with E-state index in [-0.39, 0.29) is 27.9 Å². The highest BCUT2D eigenvalue weighted by molar-refractivity contribution is 7.89. The van der Waals surface area contributed by atoms with Crippen LogP contribution < -0.4 is 4.90 Å². The number of hydrogen-bond acceptors (Lipinski definition) is 3. The van der Waals surface area contributed by atoms with Crippen molar-refractivity contribution >= 4 is 33.2 Å². The van der Waals surface area contributed by atoms with Crippen molar-refractivity contribution in [1.82, 2.24) is 4.31 Å². The Morgan fingerprint density at radius 2 is 1.88 bits per heavy atom. The number of rotatable bonds is 5. The van der Waals surface area contributed by atoms with Crippen LogP contribution in [0.4, 0.5) is 10.1 Å². The quantitative estimate of drug-likeness (QED) is 0.778. The Hall–Kier alpha value is -1.96. The SMILES string of the molecule is CN(Cc1c(F)cccc1Cl)S(=O)(=O)c1ccc(N2CCCC2=O)cc1. The zero-order chi connectivity index (χ0) is 18.9. The molecule has 0 aromatic heterocycles. The molecule has 0 saturated carbocycles. The van der Waals surface area contributed by atoms with Crippen LogP contribution in [0.2, 0.25) is 5.02 Å². The third-order valence-corrected chi connectivity index (χ3v) is 6.54. The number of benzene rings is 2. The van der Waals surface area contributed by atoms with Gasteiger partial charge in [0.2, 0.25) is 15.9 Å². The van der Waals surface area contributed by atoms with Gasteiger partial charge in [-0.05, 0) is 42.8 Å². The van der Waals surface area contributed by atoms with Gasteiger partial charge in [-0.1, -0.05) is 17.7 Å². The number of halogens is 2. The summed E-state index contributed by atoms with van der Waals surface area (Å²) in [7, 11) is -2.45. The molecule has 0 unspecified atom stereocenters. The van der Waals surface area contributed by atoms with E-state index in [2.05, 4.69) is 0 Å². The molecule has 1 amide bonds. The standard InChI is InChI=1S/C18H18ClFN2O3S/c1-21(12-15-16(19)4-2-5-17(15)20)26(24,25)14-9-7-13(8-10-14)22-11-3-6-18(22)23/h2,4-5,7-10H,3,6,11-12H2,1H3. The van der Waals surface area contributed by atoms with Crippen LogP contribution in [-0.2, 0) is 21.4 Å². The lowest BCUT2D eigenvalue weighted by Crippen LogP contribution is -2.27. The van der Waals surface area contributed by atoms with Crippen molar-refractivity contribution in [3.05, 3.63) is 58.9 Å². The molecule has 0 N–H and O–H groups in total. The van der Waals surface area contributed by atoms with Crippen molar-refractivity contribution in [3.63, 3.8) is 0 Å². The van der Waals surface area contributed by atoms with Crippen molar-refractivity contribution in [2.24, 2.45) is 0 Å². The molecule has 2 aromatic rings. The molecule has 1 fully saturated rings. The van der Waals surface area contributed by atoms with Gasteiger partial charge >= 0.3 is 0 Å². The van der Waals surface area contributed by atoms with Crippen LogP contribution in [0, 0.1) is 5.82 Å². The molecule has 8 heteroatoms. The number of amides is 1. The van der Waals surface area contributed by atoms with Gasteiger partial charge in [0.1, 0.15) is 5.82 Å². The number of anilines is 1. The van der Waals surface area contributed by atoms with E-state index in [9.17, 15) is 17.6 Å². The second-order valence-corrected chi connectivity index (χ2v) is 8.56. The van der Waals surface area contributed by atoms with Gasteiger partial charge in [-0.25, -0.2) is 12.8 Å². The molecule has 1 aliphatic heterocycles. The highest BCUT2D eigenvalue weighted by Crippen LogP contribution is 2.26. The Morgan fingerprint density at radius 1 is 1.19 bits per heavy atom. The van der Waals surface area contributed by atoms with E-state index in [0.29, 0.717) is 18.7 Å². The zero-order valence-electron chi connectivity index (χ0n) is 14.2. The Kier molecular flexibility index (Phi) is 5.32. The van der Waals surface area contributed by atoms with E-state index in [1.165, 1.54) is 37.4 Å². The lowest BCUT2D eigenvalue weighted by molar-refractivity contribution is -0.117. The van der Waals surface area contributed by atoms with E-state index in [1.807, 2.05) is 0 Å². The minimum Gasteiger partial charge on any atom is -0.312 e. The van der Waals surface area contributed by atoms with E-state index >= 15 is 0 Å². The van der Waals surface area contributed by atoms with Crippen molar-refractivity contribution in [3.8, 4) is 0 Å². The summed E-state index contributed by atoms with van der Waals surface area (Å²) in [5.74, 6) is -0.519. The Labute approximate surface area is 157 Å². The van der Waals surface area contributed by atoms with Crippen LogP contribution in [0.25, 0.3) is 0 Å². The van der Waals surface area contributed by atoms with Crippen molar-refractivity contribution in [2.45, 2.75) is 24.3 Å². The maximum absolute atomic E-state index is 13.9. The fourth-order valence-corrected chi connectivity index (χ4v) is 4.25. The summed E-state index contributed by atoms with van der Waals surface area (Å²) >= 11 is 5.98. The predicted octanol–water partition coefficient (Wildman–Crippen LogP) is 3.43. The van der Waals surface area contributed by atoms with Gasteiger partial charge < -0.3 is 4.90 Å². The monoisotopic (exact) mass is 396 g/mol. The van der Waals surface area contributed by atoms with Crippen LogP contribution in [0.15, 0.2) is 47.4 Å². The minimum atomic E-state index is -3.82. The average molecular weight is 397 g/mol. The number of nitrogens with zero attached hydrogens (tertiary/aromatic N) is 2. The third kappa shape index (κ3) is 3.60. The normalized spacial score (nSPS) is 15.1. The molecule has 0 bridgehead atoms. The lowest BCUT2D eigenvalue weighted by atomic mass is 10.2. The van der Waals surface area contributed by atoms with Gasteiger partial charge in [-0.3, -0.25) is 4.79 Å². The predicted molar refractivity (Wildman–Crippen MR) is 98.1 cm³/mol. The van der Waals surface area contributed by atoms with Crippen molar-refractivity contribution in [2.75, 3.05) is 18.5 Å². The molecule has 0 atom stereocenters. The largest absolute Gasteiger partial charge is 0.312 e. The van der Waals surface area contributed by atoms with E-state index in [1.54, 1.807) is 17.0 Å². The minimum absolute atomic E-state index is 0.0342. The van der Waals surface area contributed by atoms with E-state index in [0.717, 1.165) is 10.7 Å². The van der Waals surface area contributed by atoms with Crippen LogP contribution in [0.5, 0.6) is 0 Å². The molecule has 26 heavy (non-hydrogen) atoms. The van der Waals surface area contributed by atoms with Crippen molar-refractivity contribution < 1.29 is 17.6 Å². The van der Waals surface area contributed by atoms with Crippen molar-refractivity contribution in [1.29, 1.82) is 0 Å². The van der Waals surface area contributed by atoms with E-state index < -0.39 is 15.8 Å². The summed E-state index contributed by atoms with van der Waals surface area (Å²) in [5, 5.41) is 0.176. The Bertz CT molecular complexity index is 912. The molecular formula is C18H18ClFN2O3S. The molecule has 2 aromatic carbocycles. The molecule has 5 nitrogen and oxygen atoms in total. The Morgan fingerprint density at radius 3 is 2.46 bits per heavy atom. The van der Waals surface area contributed by atoms with Gasteiger partial charge in [0.25, 0.3) is 0 Å². The molecule has 0 spiro atoms. The summed E-state index contributed by atoms with van der Waals surface area (Å²) in [6, 6.07) is 10.4. The number of sulfonamides is 1. The highest BCUT2D eigenvalue weighted by atomic mass is 35.5. The molecule has 1 saturated heterocycles. The van der Waals surface area contributed by atoms with Crippen LogP contribution in [-0.4, -0.2) is 32.2 Å². The maximum Gasteiger partial charge on any atom is 0.243 e. The summed E-state index contributed by atoms with van der Waals surface area (Å²) in [4.78, 5) is 13.5. The first-order valence-electron chi connectivity index (χ1n) is 8.10. The van der Waals surface area contributed by atoms with Crippen LogP contribution >= 0.6 is 11.6 Å². The molecular weight excluding hydrogens is 379 g/mol. The van der Waals surface area contributed by atoms with Gasteiger partial charge in [-0.15, -0.1) is 0 Å². The highest BCUT2D eigenvalue weighted by Gasteiger charge is 2.25. The fraction of sp³-hybridized carbons (Fsp3) is 0.278. The lowest BCUT2D eigenvalue weighted by Gasteiger charge is -2.20. The van der Waals surface area contributed by atoms with Gasteiger partial charge in [0.05, 0.1) is 4.90 Å². The summed E-state index contributed by atoms with van der Waals surface area (Å²) < 4.78 is 40.4. The molecule has 3 rings (SSSR count). The smallest absolute Gasteiger partial charge is 0.243 e. The molecule has 1 heterocycles. The van der Waals surface area contributed by atoms with Gasteiger partial charge in [0.15, 0.2) is 0 Å². The van der Waals surface area contributed by atoms with Crippen LogP contribution in [0.3, 0.4) is 0 Å². The summed E-state index contributed by atoms with van der Waals surface area (Å²) in [6.45, 7) is 0.455. The second kappa shape index (κ2) is 7.34. The summed E-state index contributed by atoms with van der Waals surface area (Å²) in [6.07, 6.45) is 1.30. The third-order valence-electron chi connectivity index (χ3n) is 4.37. The first kappa shape index (κ1) is 18.8. The van der Waals surface area contributed by atoms with Gasteiger partial charge in [0, 0.05) is 42.8 Å². The molecule has 1 aliphatic rings. The Balaban J connectivity index is 1.82. The first-order chi connectivity index (χ1) is 12.3. The van der Waals surface area contributed by atoms with Crippen LogP contribution in [0.1, 0.15) is 18.4 Å². The number of carbonyl (C=O) groups excluding carboxylic acids is 1. The molecule has 0 aliphatic carbocycles. The zero-order valence-corrected chi connectivity index (χ0v) is 15.7. The molecule has 138 valence electrons. The number of hydrogen-bond donors (Lipinski definition) is 0. The second-order valence-electron chi connectivity index (χ2n) is 6.10. The molecule has 0 radical (unpaired) electrons. The average Bonchev–Trinajstić information content (AvgIpc) is 3.04. The maximum atomic E-state index is 13.9. The topological polar surface area (TPSA) is 57.7 Å². The summed E-state index contributed by atoms with van der Waals surface area (Å²) in [5.41, 5.74) is 0.797. The van der Waals surface area contributed by atoms with E-state index in [4.69, 9.17) is 11.6 Å². The first-order valence-corrected chi connectivity index (χ1v) is 9.92.